The summed E-state index contributed by atoms with van der Waals surface area (Å²) in [5.41, 5.74) is 1.04. The van der Waals surface area contributed by atoms with Gasteiger partial charge < -0.3 is 14.8 Å². The Morgan fingerprint density at radius 1 is 1.22 bits per heavy atom. The van der Waals surface area contributed by atoms with Crippen molar-refractivity contribution >= 4 is 32.4 Å². The molecule has 4 rings (SSSR count). The first-order valence-electron chi connectivity index (χ1n) is 10.9. The minimum Gasteiger partial charge on any atom is -0.490 e. The van der Waals surface area contributed by atoms with E-state index in [-0.39, 0.29) is 10.8 Å². The van der Waals surface area contributed by atoms with Gasteiger partial charge in [-0.05, 0) is 43.2 Å². The molecule has 1 aromatic heterocycles. The molecule has 0 saturated heterocycles. The van der Waals surface area contributed by atoms with E-state index in [0.717, 1.165) is 31.4 Å². The number of nitrogens with zero attached hydrogens (tertiary/aromatic N) is 1. The second-order valence-electron chi connectivity index (χ2n) is 8.73. The molecule has 10 heteroatoms. The number of ether oxygens (including phenoxy) is 2. The molecular formula is C22H29N3O5S2. The van der Waals surface area contributed by atoms with Crippen molar-refractivity contribution in [1.82, 2.24) is 9.71 Å². The van der Waals surface area contributed by atoms with E-state index in [0.29, 0.717) is 35.8 Å². The molecule has 1 aliphatic heterocycles. The van der Waals surface area contributed by atoms with Gasteiger partial charge in [-0.2, -0.15) is 4.72 Å². The lowest BCUT2D eigenvalue weighted by atomic mass is 9.93. The molecule has 0 radical (unpaired) electrons. The first kappa shape index (κ1) is 23.0. The highest BCUT2D eigenvalue weighted by atomic mass is 32.2. The minimum atomic E-state index is -3.96. The number of hydrogen-bond donors (Lipinski definition) is 2. The van der Waals surface area contributed by atoms with Crippen molar-refractivity contribution in [3.8, 4) is 11.5 Å². The number of amides is 1. The highest BCUT2D eigenvalue weighted by molar-refractivity contribution is 7.89. The molecule has 8 nitrogen and oxygen atoms in total. The van der Waals surface area contributed by atoms with E-state index in [1.165, 1.54) is 28.3 Å². The molecule has 1 amide bonds. The molecule has 2 aromatic rings. The molecule has 1 aliphatic carbocycles. The zero-order valence-electron chi connectivity index (χ0n) is 18.5. The van der Waals surface area contributed by atoms with Crippen LogP contribution in [0.4, 0.5) is 5.13 Å². The number of anilines is 1. The number of carbonyl (C=O) groups excluding carboxylic acids is 1. The lowest BCUT2D eigenvalue weighted by molar-refractivity contribution is -0.118. The average Bonchev–Trinajstić information content (AvgIpc) is 2.97. The van der Waals surface area contributed by atoms with E-state index < -0.39 is 22.0 Å². The van der Waals surface area contributed by atoms with Gasteiger partial charge in [0.25, 0.3) is 0 Å². The first-order valence-corrected chi connectivity index (χ1v) is 13.2. The van der Waals surface area contributed by atoms with Crippen LogP contribution in [-0.4, -0.2) is 38.6 Å². The molecule has 2 aliphatic rings. The van der Waals surface area contributed by atoms with E-state index >= 15 is 0 Å². The third kappa shape index (κ3) is 5.07. The zero-order valence-corrected chi connectivity index (χ0v) is 20.1. The number of nitrogens with one attached hydrogen (secondary N) is 2. The zero-order chi connectivity index (χ0) is 22.9. The Hall–Kier alpha value is -2.17. The number of fused-ring (bicyclic) bond motifs is 2. The van der Waals surface area contributed by atoms with Crippen LogP contribution in [0.3, 0.4) is 0 Å². The number of benzene rings is 1. The minimum absolute atomic E-state index is 0.0268. The fourth-order valence-electron chi connectivity index (χ4n) is 3.81. The van der Waals surface area contributed by atoms with Crippen LogP contribution in [0.2, 0.25) is 0 Å². The van der Waals surface area contributed by atoms with Gasteiger partial charge in [-0.25, -0.2) is 13.4 Å². The number of thiazole rings is 1. The monoisotopic (exact) mass is 479 g/mol. The summed E-state index contributed by atoms with van der Waals surface area (Å²) in [5.74, 6) is 0.828. The average molecular weight is 480 g/mol. The molecule has 2 N–H and O–H groups in total. The molecule has 2 heterocycles. The summed E-state index contributed by atoms with van der Waals surface area (Å²) in [6.45, 7) is 6.79. The van der Waals surface area contributed by atoms with Crippen LogP contribution >= 0.6 is 11.3 Å². The molecule has 0 fully saturated rings. The van der Waals surface area contributed by atoms with Crippen LogP contribution in [0, 0.1) is 11.8 Å². The maximum Gasteiger partial charge on any atom is 0.244 e. The fourth-order valence-corrected chi connectivity index (χ4v) is 6.35. The summed E-state index contributed by atoms with van der Waals surface area (Å²) in [5, 5.41) is 3.35. The van der Waals surface area contributed by atoms with Crippen LogP contribution in [0.1, 0.15) is 44.2 Å². The van der Waals surface area contributed by atoms with Gasteiger partial charge in [-0.1, -0.05) is 20.8 Å². The van der Waals surface area contributed by atoms with Crippen molar-refractivity contribution in [3.05, 3.63) is 28.8 Å². The van der Waals surface area contributed by atoms with Crippen molar-refractivity contribution in [2.75, 3.05) is 18.5 Å². The van der Waals surface area contributed by atoms with Crippen LogP contribution in [-0.2, 0) is 27.7 Å². The largest absolute Gasteiger partial charge is 0.490 e. The summed E-state index contributed by atoms with van der Waals surface area (Å²) in [6, 6.07) is 3.53. The topological polar surface area (TPSA) is 107 Å². The standard InChI is InChI=1S/C22H29N3O5S2/c1-13(2)20(21(26)24-22-23-16-7-5-14(3)11-19(16)31-22)25-32(27,28)15-6-8-17-18(12-15)30-10-4-9-29-17/h6,8,12-14,20,25H,4-5,7,9-11H2,1-3H3,(H,23,24,26)/t14-,20+/m0/s1. The summed E-state index contributed by atoms with van der Waals surface area (Å²) in [4.78, 5) is 18.8. The Kier molecular flexibility index (Phi) is 6.73. The molecule has 0 bridgehead atoms. The van der Waals surface area contributed by atoms with Crippen LogP contribution < -0.4 is 19.5 Å². The lowest BCUT2D eigenvalue weighted by Gasteiger charge is -2.21. The van der Waals surface area contributed by atoms with Crippen molar-refractivity contribution in [1.29, 1.82) is 0 Å². The van der Waals surface area contributed by atoms with Crippen molar-refractivity contribution < 1.29 is 22.7 Å². The third-order valence-electron chi connectivity index (χ3n) is 5.68. The van der Waals surface area contributed by atoms with Gasteiger partial charge in [0.1, 0.15) is 6.04 Å². The highest BCUT2D eigenvalue weighted by Gasteiger charge is 2.30. The van der Waals surface area contributed by atoms with Gasteiger partial charge in [0.2, 0.25) is 15.9 Å². The highest BCUT2D eigenvalue weighted by Crippen LogP contribution is 2.33. The SMILES string of the molecule is CC(C)[C@@H](NS(=O)(=O)c1ccc2c(c1)OCCCO2)C(=O)Nc1nc2c(s1)C[C@@H](C)CC2. The second kappa shape index (κ2) is 9.36. The quantitative estimate of drug-likeness (QED) is 0.658. The van der Waals surface area contributed by atoms with Gasteiger partial charge in [0.15, 0.2) is 16.6 Å². The van der Waals surface area contributed by atoms with E-state index in [1.807, 2.05) is 0 Å². The predicted octanol–water partition coefficient (Wildman–Crippen LogP) is 3.37. The Bertz CT molecular complexity index is 1100. The van der Waals surface area contributed by atoms with Crippen LogP contribution in [0.25, 0.3) is 0 Å². The predicted molar refractivity (Wildman–Crippen MR) is 123 cm³/mol. The molecule has 32 heavy (non-hydrogen) atoms. The van der Waals surface area contributed by atoms with Gasteiger partial charge in [0, 0.05) is 17.4 Å². The fraction of sp³-hybridized carbons (Fsp3) is 0.545. The first-order chi connectivity index (χ1) is 15.2. The Morgan fingerprint density at radius 2 is 1.97 bits per heavy atom. The Morgan fingerprint density at radius 3 is 2.72 bits per heavy atom. The number of sulfonamides is 1. The van der Waals surface area contributed by atoms with E-state index in [1.54, 1.807) is 19.9 Å². The molecule has 1 aromatic carbocycles. The summed E-state index contributed by atoms with van der Waals surface area (Å²) in [6.07, 6.45) is 3.69. The van der Waals surface area contributed by atoms with E-state index in [2.05, 4.69) is 21.9 Å². The maximum absolute atomic E-state index is 13.1. The van der Waals surface area contributed by atoms with Crippen molar-refractivity contribution in [2.24, 2.45) is 11.8 Å². The molecule has 0 saturated carbocycles. The van der Waals surface area contributed by atoms with E-state index in [9.17, 15) is 13.2 Å². The van der Waals surface area contributed by atoms with Gasteiger partial charge in [-0.15, -0.1) is 11.3 Å². The Labute approximate surface area is 192 Å². The maximum atomic E-state index is 13.1. The number of hydrogen-bond acceptors (Lipinski definition) is 7. The lowest BCUT2D eigenvalue weighted by Crippen LogP contribution is -2.47. The number of aromatic nitrogens is 1. The number of carbonyl (C=O) groups is 1. The molecule has 174 valence electrons. The van der Waals surface area contributed by atoms with Gasteiger partial charge in [-0.3, -0.25) is 4.79 Å². The summed E-state index contributed by atoms with van der Waals surface area (Å²) < 4.78 is 39.9. The summed E-state index contributed by atoms with van der Waals surface area (Å²) in [7, 11) is -3.96. The van der Waals surface area contributed by atoms with Crippen LogP contribution in [0.15, 0.2) is 23.1 Å². The number of aryl methyl sites for hydroxylation is 1. The van der Waals surface area contributed by atoms with Gasteiger partial charge >= 0.3 is 0 Å². The Balaban J connectivity index is 1.50. The van der Waals surface area contributed by atoms with Crippen molar-refractivity contribution in [3.63, 3.8) is 0 Å². The van der Waals surface area contributed by atoms with Crippen molar-refractivity contribution in [2.45, 2.75) is 57.4 Å². The smallest absolute Gasteiger partial charge is 0.244 e. The molecular weight excluding hydrogens is 450 g/mol. The normalized spacial score (nSPS) is 19.2. The molecule has 2 atom stereocenters. The second-order valence-corrected chi connectivity index (χ2v) is 11.5. The number of rotatable bonds is 6. The molecule has 0 spiro atoms. The summed E-state index contributed by atoms with van der Waals surface area (Å²) >= 11 is 1.48. The molecule has 0 unspecified atom stereocenters. The van der Waals surface area contributed by atoms with Gasteiger partial charge in [0.05, 0.1) is 23.8 Å². The van der Waals surface area contributed by atoms with E-state index in [4.69, 9.17) is 9.47 Å². The van der Waals surface area contributed by atoms with Crippen LogP contribution in [0.5, 0.6) is 11.5 Å². The third-order valence-corrected chi connectivity index (χ3v) is 8.15.